The number of benzene rings is 2. The molecule has 0 aromatic heterocycles. The van der Waals surface area contributed by atoms with Crippen LogP contribution in [0.4, 0.5) is 23.7 Å². The number of carbonyl (C=O) groups excluding carboxylic acids is 1. The Morgan fingerprint density at radius 3 is 2.46 bits per heavy atom. The Morgan fingerprint density at radius 1 is 1.14 bits per heavy atom. The van der Waals surface area contributed by atoms with Crippen molar-refractivity contribution < 1.29 is 27.4 Å². The minimum Gasteiger partial charge on any atom is -0.497 e. The summed E-state index contributed by atoms with van der Waals surface area (Å²) in [5.41, 5.74) is 0.418. The number of ether oxygens (including phenoxy) is 2. The van der Waals surface area contributed by atoms with Gasteiger partial charge in [0, 0.05) is 18.4 Å². The number of amides is 2. The quantitative estimate of drug-likeness (QED) is 0.768. The Kier molecular flexibility index (Phi) is 5.93. The fraction of sp³-hybridized carbons (Fsp3) is 0.316. The van der Waals surface area contributed by atoms with Gasteiger partial charge < -0.3 is 19.7 Å². The fourth-order valence-corrected chi connectivity index (χ4v) is 4.14. The maximum Gasteiger partial charge on any atom is 0.416 e. The van der Waals surface area contributed by atoms with E-state index in [0.717, 1.165) is 12.1 Å². The monoisotopic (exact) mass is 412 g/mol. The van der Waals surface area contributed by atoms with Gasteiger partial charge in [-0.1, -0.05) is 12.1 Å². The maximum atomic E-state index is 12.8. The lowest BCUT2D eigenvalue weighted by Gasteiger charge is -2.25. The molecule has 0 bridgehead atoms. The largest absolute Gasteiger partial charge is 0.497 e. The highest BCUT2D eigenvalue weighted by molar-refractivity contribution is 7.99. The van der Waals surface area contributed by atoms with E-state index in [-0.39, 0.29) is 11.4 Å². The average molecular weight is 412 g/mol. The van der Waals surface area contributed by atoms with Crippen LogP contribution in [0.2, 0.25) is 0 Å². The smallest absolute Gasteiger partial charge is 0.416 e. The molecule has 0 aliphatic carbocycles. The Morgan fingerprint density at radius 2 is 1.86 bits per heavy atom. The number of thioether (sulfide) groups is 1. The van der Waals surface area contributed by atoms with Crippen LogP contribution < -0.4 is 14.8 Å². The first-order valence-electron chi connectivity index (χ1n) is 8.42. The highest BCUT2D eigenvalue weighted by Gasteiger charge is 2.33. The molecule has 1 atom stereocenters. The van der Waals surface area contributed by atoms with E-state index in [0.29, 0.717) is 35.0 Å². The third kappa shape index (κ3) is 4.30. The molecule has 1 aliphatic rings. The molecule has 1 N–H and O–H groups in total. The summed E-state index contributed by atoms with van der Waals surface area (Å²) < 4.78 is 48.7. The maximum absolute atomic E-state index is 12.8. The van der Waals surface area contributed by atoms with Gasteiger partial charge in [0.05, 0.1) is 25.5 Å². The van der Waals surface area contributed by atoms with Crippen molar-refractivity contribution in [3.63, 3.8) is 0 Å². The molecule has 0 spiro atoms. The highest BCUT2D eigenvalue weighted by Crippen LogP contribution is 2.40. The number of nitrogens with one attached hydrogen (secondary N) is 1. The van der Waals surface area contributed by atoms with Gasteiger partial charge in [0.25, 0.3) is 0 Å². The second kappa shape index (κ2) is 8.22. The van der Waals surface area contributed by atoms with Crippen molar-refractivity contribution in [2.45, 2.75) is 11.6 Å². The first-order valence-corrected chi connectivity index (χ1v) is 9.47. The number of urea groups is 1. The van der Waals surface area contributed by atoms with Crippen LogP contribution in [0.5, 0.6) is 11.5 Å². The number of alkyl halides is 3. The zero-order valence-electron chi connectivity index (χ0n) is 15.2. The molecule has 2 aromatic rings. The second-order valence-corrected chi connectivity index (χ2v) is 7.22. The van der Waals surface area contributed by atoms with Crippen LogP contribution in [0.3, 0.4) is 0 Å². The van der Waals surface area contributed by atoms with Crippen LogP contribution in [0.25, 0.3) is 0 Å². The number of hydrogen-bond donors (Lipinski definition) is 1. The standard InChI is InChI=1S/C19H19F3N2O3S/c1-26-14-7-8-15(16(11-14)27-2)23-18(25)24-9-10-28-17(24)12-3-5-13(6-4-12)19(20,21)22/h3-8,11,17H,9-10H2,1-2H3,(H,23,25)/t17-/m1/s1. The summed E-state index contributed by atoms with van der Waals surface area (Å²) in [4.78, 5) is 14.4. The van der Waals surface area contributed by atoms with Gasteiger partial charge in [0.15, 0.2) is 0 Å². The molecule has 2 aromatic carbocycles. The second-order valence-electron chi connectivity index (χ2n) is 6.03. The van der Waals surface area contributed by atoms with E-state index >= 15 is 0 Å². The van der Waals surface area contributed by atoms with E-state index in [9.17, 15) is 18.0 Å². The van der Waals surface area contributed by atoms with Crippen LogP contribution in [-0.4, -0.2) is 37.4 Å². The predicted octanol–water partition coefficient (Wildman–Crippen LogP) is 5.00. The van der Waals surface area contributed by atoms with Gasteiger partial charge in [-0.2, -0.15) is 13.2 Å². The third-order valence-corrected chi connectivity index (χ3v) is 5.59. The molecule has 5 nitrogen and oxygen atoms in total. The van der Waals surface area contributed by atoms with E-state index < -0.39 is 11.7 Å². The van der Waals surface area contributed by atoms with Crippen molar-refractivity contribution in [1.82, 2.24) is 4.90 Å². The SMILES string of the molecule is COc1ccc(NC(=O)N2CCS[C@@H]2c2ccc(C(F)(F)F)cc2)c(OC)c1. The van der Waals surface area contributed by atoms with Crippen LogP contribution in [-0.2, 0) is 6.18 Å². The first kappa shape index (κ1) is 20.2. The number of halogens is 3. The predicted molar refractivity (Wildman–Crippen MR) is 102 cm³/mol. The molecule has 3 rings (SSSR count). The molecular formula is C19H19F3N2O3S. The van der Waals surface area contributed by atoms with Gasteiger partial charge in [0.1, 0.15) is 16.9 Å². The van der Waals surface area contributed by atoms with Crippen LogP contribution in [0, 0.1) is 0 Å². The average Bonchev–Trinajstić information content (AvgIpc) is 3.17. The Bertz CT molecular complexity index is 843. The molecule has 2 amide bonds. The van der Waals surface area contributed by atoms with Crippen molar-refractivity contribution in [3.05, 3.63) is 53.6 Å². The molecule has 0 saturated carbocycles. The summed E-state index contributed by atoms with van der Waals surface area (Å²) >= 11 is 1.50. The molecule has 1 saturated heterocycles. The number of carbonyl (C=O) groups is 1. The Hall–Kier alpha value is -2.55. The topological polar surface area (TPSA) is 50.8 Å². The Balaban J connectivity index is 1.76. The molecule has 1 heterocycles. The molecular weight excluding hydrogens is 393 g/mol. The Labute approximate surface area is 164 Å². The van der Waals surface area contributed by atoms with E-state index in [1.54, 1.807) is 23.1 Å². The number of nitrogens with zero attached hydrogens (tertiary/aromatic N) is 1. The third-order valence-electron chi connectivity index (χ3n) is 4.33. The van der Waals surface area contributed by atoms with Gasteiger partial charge in [-0.15, -0.1) is 11.8 Å². The van der Waals surface area contributed by atoms with Gasteiger partial charge in [-0.3, -0.25) is 0 Å². The minimum absolute atomic E-state index is 0.349. The minimum atomic E-state index is -4.39. The summed E-state index contributed by atoms with van der Waals surface area (Å²) in [6.45, 7) is 0.487. The summed E-state index contributed by atoms with van der Waals surface area (Å²) in [5, 5.41) is 2.45. The number of hydrogen-bond acceptors (Lipinski definition) is 4. The molecule has 0 unspecified atom stereocenters. The molecule has 150 valence electrons. The van der Waals surface area contributed by atoms with Gasteiger partial charge in [-0.25, -0.2) is 4.79 Å². The molecule has 1 aliphatic heterocycles. The van der Waals surface area contributed by atoms with Gasteiger partial charge in [-0.05, 0) is 29.8 Å². The fourth-order valence-electron chi connectivity index (χ4n) is 2.88. The van der Waals surface area contributed by atoms with Crippen molar-refractivity contribution in [2.75, 3.05) is 31.8 Å². The highest BCUT2D eigenvalue weighted by atomic mass is 32.2. The summed E-state index contributed by atoms with van der Waals surface area (Å²) in [6, 6.07) is 9.59. The first-order chi connectivity index (χ1) is 13.3. The summed E-state index contributed by atoms with van der Waals surface area (Å²) in [7, 11) is 3.02. The van der Waals surface area contributed by atoms with Crippen LogP contribution >= 0.6 is 11.8 Å². The lowest BCUT2D eigenvalue weighted by atomic mass is 10.1. The van der Waals surface area contributed by atoms with E-state index in [1.807, 2.05) is 0 Å². The van der Waals surface area contributed by atoms with Gasteiger partial charge >= 0.3 is 12.2 Å². The number of methoxy groups -OCH3 is 2. The van der Waals surface area contributed by atoms with Crippen molar-refractivity contribution in [3.8, 4) is 11.5 Å². The van der Waals surface area contributed by atoms with E-state index in [2.05, 4.69) is 5.32 Å². The molecule has 1 fully saturated rings. The summed E-state index contributed by atoms with van der Waals surface area (Å²) in [6.07, 6.45) is -4.39. The number of rotatable bonds is 4. The lowest BCUT2D eigenvalue weighted by molar-refractivity contribution is -0.137. The lowest BCUT2D eigenvalue weighted by Crippen LogP contribution is -2.34. The molecule has 9 heteroatoms. The van der Waals surface area contributed by atoms with Crippen LogP contribution in [0.15, 0.2) is 42.5 Å². The molecule has 28 heavy (non-hydrogen) atoms. The zero-order valence-corrected chi connectivity index (χ0v) is 16.1. The van der Waals surface area contributed by atoms with Crippen molar-refractivity contribution >= 4 is 23.5 Å². The normalized spacial score (nSPS) is 16.8. The van der Waals surface area contributed by atoms with E-state index in [4.69, 9.17) is 9.47 Å². The molecule has 0 radical (unpaired) electrons. The summed E-state index contributed by atoms with van der Waals surface area (Å²) in [5.74, 6) is 1.73. The van der Waals surface area contributed by atoms with Crippen molar-refractivity contribution in [2.24, 2.45) is 0 Å². The van der Waals surface area contributed by atoms with Gasteiger partial charge in [0.2, 0.25) is 0 Å². The van der Waals surface area contributed by atoms with Crippen molar-refractivity contribution in [1.29, 1.82) is 0 Å². The zero-order chi connectivity index (χ0) is 20.3. The van der Waals surface area contributed by atoms with Crippen LogP contribution in [0.1, 0.15) is 16.5 Å². The van der Waals surface area contributed by atoms with E-state index in [1.165, 1.54) is 38.1 Å². The number of anilines is 1.